The molecule has 0 aliphatic carbocycles. The lowest BCUT2D eigenvalue weighted by atomic mass is 10.4. The molecule has 0 aromatic carbocycles. The fraction of sp³-hybridized carbons (Fsp3) is 0.889. The summed E-state index contributed by atoms with van der Waals surface area (Å²) in [4.78, 5) is 13.3. The Morgan fingerprint density at radius 3 is 2.79 bits per heavy atom. The lowest BCUT2D eigenvalue weighted by Gasteiger charge is -2.25. The van der Waals surface area contributed by atoms with Crippen LogP contribution in [0.2, 0.25) is 0 Å². The zero-order valence-electron chi connectivity index (χ0n) is 8.28. The fourth-order valence-corrected chi connectivity index (χ4v) is 2.44. The molecule has 1 aliphatic heterocycles. The molecule has 0 spiro atoms. The van der Waals surface area contributed by atoms with Crippen molar-refractivity contribution in [3.63, 3.8) is 0 Å². The molecule has 14 heavy (non-hydrogen) atoms. The molecule has 0 atom stereocenters. The minimum atomic E-state index is -0.133. The van der Waals surface area contributed by atoms with Gasteiger partial charge in [-0.15, -0.1) is 0 Å². The van der Waals surface area contributed by atoms with Crippen molar-refractivity contribution in [2.24, 2.45) is 0 Å². The Labute approximate surface area is 95.0 Å². The van der Waals surface area contributed by atoms with Crippen LogP contribution in [-0.2, 0) is 9.53 Å². The van der Waals surface area contributed by atoms with Crippen molar-refractivity contribution < 1.29 is 9.53 Å². The van der Waals surface area contributed by atoms with Crippen molar-refractivity contribution >= 4 is 30.4 Å². The molecule has 0 amide bonds. The minimum absolute atomic E-state index is 0.133. The second-order valence-corrected chi connectivity index (χ2v) is 4.82. The number of thiol groups is 1. The Balaban J connectivity index is 1.99. The lowest BCUT2D eigenvalue weighted by molar-refractivity contribution is -0.143. The zero-order valence-corrected chi connectivity index (χ0v) is 9.99. The van der Waals surface area contributed by atoms with Gasteiger partial charge < -0.3 is 4.74 Å². The third-order valence-electron chi connectivity index (χ3n) is 2.09. The van der Waals surface area contributed by atoms with Crippen molar-refractivity contribution in [1.82, 2.24) is 4.90 Å². The van der Waals surface area contributed by atoms with E-state index in [9.17, 15) is 4.79 Å². The van der Waals surface area contributed by atoms with Crippen LogP contribution in [0.3, 0.4) is 0 Å². The van der Waals surface area contributed by atoms with Crippen molar-refractivity contribution in [3.05, 3.63) is 0 Å². The summed E-state index contributed by atoms with van der Waals surface area (Å²) < 4.78 is 5.05. The summed E-state index contributed by atoms with van der Waals surface area (Å²) in [5.74, 6) is 2.83. The Hall–Kier alpha value is 0.130. The van der Waals surface area contributed by atoms with Gasteiger partial charge in [-0.25, -0.2) is 0 Å². The van der Waals surface area contributed by atoms with Crippen LogP contribution in [-0.4, -0.2) is 54.4 Å². The average Bonchev–Trinajstić information content (AvgIpc) is 2.20. The maximum absolute atomic E-state index is 11.0. The number of thioether (sulfide) groups is 1. The monoisotopic (exact) mass is 235 g/mol. The summed E-state index contributed by atoms with van der Waals surface area (Å²) in [6.07, 6.45) is 0.416. The van der Waals surface area contributed by atoms with Crippen LogP contribution in [0, 0.1) is 0 Å². The quantitative estimate of drug-likeness (QED) is 0.566. The molecule has 1 heterocycles. The molecule has 0 unspecified atom stereocenters. The van der Waals surface area contributed by atoms with Gasteiger partial charge in [0.25, 0.3) is 0 Å². The van der Waals surface area contributed by atoms with Gasteiger partial charge in [0, 0.05) is 36.9 Å². The van der Waals surface area contributed by atoms with E-state index in [1.54, 1.807) is 0 Å². The van der Waals surface area contributed by atoms with Crippen LogP contribution in [0.4, 0.5) is 0 Å². The number of hydrogen-bond donors (Lipinski definition) is 1. The molecule has 1 fully saturated rings. The van der Waals surface area contributed by atoms with E-state index in [4.69, 9.17) is 4.74 Å². The minimum Gasteiger partial charge on any atom is -0.464 e. The first-order chi connectivity index (χ1) is 6.83. The second-order valence-electron chi connectivity index (χ2n) is 3.15. The standard InChI is InChI=1S/C9H17NO2S2/c11-9(1-6-13)12-5-2-10-3-7-14-8-4-10/h13H,1-8H2. The van der Waals surface area contributed by atoms with E-state index in [1.165, 1.54) is 11.5 Å². The highest BCUT2D eigenvalue weighted by Crippen LogP contribution is 2.08. The van der Waals surface area contributed by atoms with Gasteiger partial charge >= 0.3 is 5.97 Å². The van der Waals surface area contributed by atoms with Crippen LogP contribution >= 0.6 is 24.4 Å². The smallest absolute Gasteiger partial charge is 0.306 e. The maximum atomic E-state index is 11.0. The molecule has 3 nitrogen and oxygen atoms in total. The molecule has 82 valence electrons. The third kappa shape index (κ3) is 5.12. The first kappa shape index (κ1) is 12.2. The highest BCUT2D eigenvalue weighted by Gasteiger charge is 2.10. The van der Waals surface area contributed by atoms with Gasteiger partial charge in [0.2, 0.25) is 0 Å². The van der Waals surface area contributed by atoms with Crippen LogP contribution in [0.25, 0.3) is 0 Å². The van der Waals surface area contributed by atoms with Gasteiger partial charge in [-0.05, 0) is 0 Å². The number of ether oxygens (including phenoxy) is 1. The first-order valence-electron chi connectivity index (χ1n) is 4.89. The molecular formula is C9H17NO2S2. The second kappa shape index (κ2) is 7.43. The molecule has 1 saturated heterocycles. The molecular weight excluding hydrogens is 218 g/mol. The predicted molar refractivity (Wildman–Crippen MR) is 63.2 cm³/mol. The van der Waals surface area contributed by atoms with E-state index < -0.39 is 0 Å². The van der Waals surface area contributed by atoms with Gasteiger partial charge in [-0.1, -0.05) is 0 Å². The largest absolute Gasteiger partial charge is 0.464 e. The zero-order chi connectivity index (χ0) is 10.2. The molecule has 0 N–H and O–H groups in total. The molecule has 0 radical (unpaired) electrons. The number of esters is 1. The van der Waals surface area contributed by atoms with E-state index >= 15 is 0 Å². The van der Waals surface area contributed by atoms with Crippen LogP contribution < -0.4 is 0 Å². The molecule has 1 rings (SSSR count). The average molecular weight is 235 g/mol. The molecule has 5 heteroatoms. The Kier molecular flexibility index (Phi) is 6.47. The van der Waals surface area contributed by atoms with Gasteiger partial charge in [0.1, 0.15) is 6.61 Å². The molecule has 0 aromatic rings. The molecule has 1 aliphatic rings. The maximum Gasteiger partial charge on any atom is 0.306 e. The summed E-state index contributed by atoms with van der Waals surface area (Å²) in [6, 6.07) is 0. The number of carbonyl (C=O) groups is 1. The van der Waals surface area contributed by atoms with Crippen molar-refractivity contribution in [2.75, 3.05) is 43.5 Å². The van der Waals surface area contributed by atoms with Gasteiger partial charge in [0.15, 0.2) is 0 Å². The van der Waals surface area contributed by atoms with E-state index in [2.05, 4.69) is 17.5 Å². The van der Waals surface area contributed by atoms with Crippen LogP contribution in [0.15, 0.2) is 0 Å². The number of carbonyl (C=O) groups excluding carboxylic acids is 1. The lowest BCUT2D eigenvalue weighted by Crippen LogP contribution is -2.35. The summed E-state index contributed by atoms with van der Waals surface area (Å²) in [5, 5.41) is 0. The van der Waals surface area contributed by atoms with Crippen molar-refractivity contribution in [1.29, 1.82) is 0 Å². The SMILES string of the molecule is O=C(CCS)OCCN1CCSCC1. The molecule has 0 bridgehead atoms. The summed E-state index contributed by atoms with van der Waals surface area (Å²) in [5.41, 5.74) is 0. The number of nitrogens with zero attached hydrogens (tertiary/aromatic N) is 1. The Morgan fingerprint density at radius 2 is 2.14 bits per heavy atom. The van der Waals surface area contributed by atoms with Crippen molar-refractivity contribution in [2.45, 2.75) is 6.42 Å². The van der Waals surface area contributed by atoms with Gasteiger partial charge in [-0.2, -0.15) is 24.4 Å². The summed E-state index contributed by atoms with van der Waals surface area (Å²) >= 11 is 5.96. The fourth-order valence-electron chi connectivity index (χ4n) is 1.28. The predicted octanol–water partition coefficient (Wildman–Crippen LogP) is 0.898. The number of hydrogen-bond acceptors (Lipinski definition) is 5. The number of rotatable bonds is 5. The summed E-state index contributed by atoms with van der Waals surface area (Å²) in [6.45, 7) is 3.64. The Morgan fingerprint density at radius 1 is 1.43 bits per heavy atom. The van der Waals surface area contributed by atoms with E-state index in [0.29, 0.717) is 18.8 Å². The van der Waals surface area contributed by atoms with Crippen molar-refractivity contribution in [3.8, 4) is 0 Å². The highest BCUT2D eigenvalue weighted by atomic mass is 32.2. The van der Waals surface area contributed by atoms with E-state index in [0.717, 1.165) is 19.6 Å². The summed E-state index contributed by atoms with van der Waals surface area (Å²) in [7, 11) is 0. The van der Waals surface area contributed by atoms with E-state index in [-0.39, 0.29) is 5.97 Å². The van der Waals surface area contributed by atoms with Crippen LogP contribution in [0.5, 0.6) is 0 Å². The van der Waals surface area contributed by atoms with E-state index in [1.807, 2.05) is 11.8 Å². The first-order valence-corrected chi connectivity index (χ1v) is 6.68. The third-order valence-corrected chi connectivity index (χ3v) is 3.26. The Bertz CT molecular complexity index is 172. The molecule has 0 saturated carbocycles. The van der Waals surface area contributed by atoms with Gasteiger partial charge in [-0.3, -0.25) is 9.69 Å². The highest BCUT2D eigenvalue weighted by molar-refractivity contribution is 7.99. The van der Waals surface area contributed by atoms with Crippen LogP contribution in [0.1, 0.15) is 6.42 Å². The van der Waals surface area contributed by atoms with Gasteiger partial charge in [0.05, 0.1) is 6.42 Å². The normalized spacial score (nSPS) is 18.1. The molecule has 0 aromatic heterocycles. The topological polar surface area (TPSA) is 29.5 Å².